The minimum atomic E-state index is 0.465. The highest BCUT2D eigenvalue weighted by Gasteiger charge is 2.25. The van der Waals surface area contributed by atoms with Gasteiger partial charge in [0.05, 0.1) is 4.58 Å². The zero-order valence-corrected chi connectivity index (χ0v) is 11.8. The molecule has 0 radical (unpaired) electrons. The maximum Gasteiger partial charge on any atom is 0.0605 e. The highest BCUT2D eigenvalue weighted by Crippen LogP contribution is 2.42. The Morgan fingerprint density at radius 2 is 1.78 bits per heavy atom. The van der Waals surface area contributed by atoms with Crippen LogP contribution in [0.5, 0.6) is 0 Å². The molecule has 0 saturated carbocycles. The molecule has 18 heavy (non-hydrogen) atoms. The van der Waals surface area contributed by atoms with E-state index < -0.39 is 0 Å². The molecule has 3 rings (SSSR count). The Bertz CT molecular complexity index is 556. The summed E-state index contributed by atoms with van der Waals surface area (Å²) in [5.74, 6) is 3.01. The molecule has 1 aliphatic heterocycles. The second-order valence-corrected chi connectivity index (χ2v) is 7.28. The Kier molecular flexibility index (Phi) is 3.67. The number of fused-ring (bicyclic) bond motifs is 1. The van der Waals surface area contributed by atoms with Crippen molar-refractivity contribution in [1.82, 2.24) is 0 Å². The summed E-state index contributed by atoms with van der Waals surface area (Å²) in [6.45, 7) is 4.04. The Labute approximate surface area is 117 Å². The molecule has 1 aliphatic rings. The summed E-state index contributed by atoms with van der Waals surface area (Å²) < 4.78 is 0.642. The molecule has 1 atom stereocenters. The maximum atomic E-state index is 4.04. The smallest absolute Gasteiger partial charge is 0.0605 e. The normalized spacial score (nSPS) is 18.0. The van der Waals surface area contributed by atoms with Gasteiger partial charge in [-0.3, -0.25) is 0 Å². The fraction of sp³-hybridized carbons (Fsp3) is 0.250. The quantitative estimate of drug-likeness (QED) is 0.728. The van der Waals surface area contributed by atoms with E-state index in [0.29, 0.717) is 10.5 Å². The van der Waals surface area contributed by atoms with Crippen LogP contribution in [0.3, 0.4) is 0 Å². The van der Waals surface area contributed by atoms with Crippen molar-refractivity contribution in [2.24, 2.45) is 0 Å². The largest absolute Gasteiger partial charge is 0.146 e. The molecule has 0 bridgehead atoms. The molecule has 92 valence electrons. The van der Waals surface area contributed by atoms with Crippen molar-refractivity contribution in [3.8, 4) is 0 Å². The SMILES string of the molecule is C=C[C@H](c1ccc2ccccc2c1)C1SCCS1. The molecular formula is C16H16S2. The van der Waals surface area contributed by atoms with Gasteiger partial charge in [0.1, 0.15) is 0 Å². The number of thioether (sulfide) groups is 2. The van der Waals surface area contributed by atoms with Crippen LogP contribution in [-0.4, -0.2) is 16.1 Å². The van der Waals surface area contributed by atoms with Gasteiger partial charge in [0, 0.05) is 17.4 Å². The van der Waals surface area contributed by atoms with Gasteiger partial charge in [-0.05, 0) is 16.3 Å². The molecule has 2 aromatic rings. The van der Waals surface area contributed by atoms with Crippen LogP contribution in [0.4, 0.5) is 0 Å². The lowest BCUT2D eigenvalue weighted by molar-refractivity contribution is 0.954. The van der Waals surface area contributed by atoms with Gasteiger partial charge in [-0.15, -0.1) is 30.1 Å². The number of allylic oxidation sites excluding steroid dienone is 1. The molecule has 1 heterocycles. The summed E-state index contributed by atoms with van der Waals surface area (Å²) in [7, 11) is 0. The van der Waals surface area contributed by atoms with Gasteiger partial charge in [-0.2, -0.15) is 0 Å². The highest BCUT2D eigenvalue weighted by molar-refractivity contribution is 8.20. The minimum Gasteiger partial charge on any atom is -0.146 e. The van der Waals surface area contributed by atoms with Gasteiger partial charge in [0.25, 0.3) is 0 Å². The lowest BCUT2D eigenvalue weighted by Gasteiger charge is -2.19. The van der Waals surface area contributed by atoms with Gasteiger partial charge < -0.3 is 0 Å². The fourth-order valence-electron chi connectivity index (χ4n) is 2.40. The van der Waals surface area contributed by atoms with Gasteiger partial charge in [-0.1, -0.05) is 48.5 Å². The number of rotatable bonds is 3. The lowest BCUT2D eigenvalue weighted by Crippen LogP contribution is -2.06. The van der Waals surface area contributed by atoms with Crippen LogP contribution in [0.15, 0.2) is 55.1 Å². The van der Waals surface area contributed by atoms with E-state index >= 15 is 0 Å². The van der Waals surface area contributed by atoms with Gasteiger partial charge in [0.15, 0.2) is 0 Å². The van der Waals surface area contributed by atoms with Crippen LogP contribution in [0.2, 0.25) is 0 Å². The molecule has 0 nitrogen and oxygen atoms in total. The van der Waals surface area contributed by atoms with E-state index in [0.717, 1.165) is 0 Å². The van der Waals surface area contributed by atoms with Crippen LogP contribution >= 0.6 is 23.5 Å². The molecule has 0 aliphatic carbocycles. The van der Waals surface area contributed by atoms with E-state index in [1.165, 1.54) is 27.8 Å². The molecule has 0 spiro atoms. The van der Waals surface area contributed by atoms with E-state index in [4.69, 9.17) is 0 Å². The number of benzene rings is 2. The molecule has 1 fully saturated rings. The Morgan fingerprint density at radius 1 is 1.06 bits per heavy atom. The summed E-state index contributed by atoms with van der Waals surface area (Å²) in [6, 6.07) is 15.4. The summed E-state index contributed by atoms with van der Waals surface area (Å²) in [6.07, 6.45) is 2.11. The summed E-state index contributed by atoms with van der Waals surface area (Å²) >= 11 is 4.13. The molecule has 0 aromatic heterocycles. The average Bonchev–Trinajstić information content (AvgIpc) is 2.93. The topological polar surface area (TPSA) is 0 Å². The average molecular weight is 272 g/mol. The number of hydrogen-bond donors (Lipinski definition) is 0. The first-order valence-corrected chi connectivity index (χ1v) is 8.33. The molecule has 0 N–H and O–H groups in total. The molecule has 2 heteroatoms. The third-order valence-corrected chi connectivity index (χ3v) is 6.55. The van der Waals surface area contributed by atoms with Crippen LogP contribution in [0.25, 0.3) is 10.8 Å². The number of hydrogen-bond acceptors (Lipinski definition) is 2. The predicted molar refractivity (Wildman–Crippen MR) is 85.6 cm³/mol. The Hall–Kier alpha value is -0.860. The predicted octanol–water partition coefficient (Wildman–Crippen LogP) is 4.92. The second kappa shape index (κ2) is 5.41. The lowest BCUT2D eigenvalue weighted by atomic mass is 9.97. The Morgan fingerprint density at radius 3 is 2.50 bits per heavy atom. The highest BCUT2D eigenvalue weighted by atomic mass is 32.2. The minimum absolute atomic E-state index is 0.465. The summed E-state index contributed by atoms with van der Waals surface area (Å²) in [5, 5.41) is 2.64. The third kappa shape index (κ3) is 2.32. The maximum absolute atomic E-state index is 4.04. The standard InChI is InChI=1S/C16H16S2/c1-2-15(16-17-9-10-18-16)14-8-7-12-5-3-4-6-13(12)11-14/h2-8,11,15-16H,1,9-10H2/t15-/m1/s1. The zero-order chi connectivity index (χ0) is 12.4. The molecule has 2 aromatic carbocycles. The first-order valence-electron chi connectivity index (χ1n) is 6.23. The Balaban J connectivity index is 1.98. The van der Waals surface area contributed by atoms with Crippen molar-refractivity contribution in [1.29, 1.82) is 0 Å². The van der Waals surface area contributed by atoms with E-state index in [-0.39, 0.29) is 0 Å². The summed E-state index contributed by atoms with van der Waals surface area (Å²) in [5.41, 5.74) is 1.40. The van der Waals surface area contributed by atoms with Crippen molar-refractivity contribution < 1.29 is 0 Å². The van der Waals surface area contributed by atoms with E-state index in [1.807, 2.05) is 0 Å². The molecule has 0 unspecified atom stereocenters. The van der Waals surface area contributed by atoms with E-state index in [1.54, 1.807) is 0 Å². The van der Waals surface area contributed by atoms with Gasteiger partial charge in [0.2, 0.25) is 0 Å². The van der Waals surface area contributed by atoms with Crippen molar-refractivity contribution >= 4 is 34.3 Å². The van der Waals surface area contributed by atoms with Crippen LogP contribution in [-0.2, 0) is 0 Å². The monoisotopic (exact) mass is 272 g/mol. The van der Waals surface area contributed by atoms with E-state index in [9.17, 15) is 0 Å². The van der Waals surface area contributed by atoms with Crippen LogP contribution in [0, 0.1) is 0 Å². The molecule has 1 saturated heterocycles. The van der Waals surface area contributed by atoms with Crippen LogP contribution in [0.1, 0.15) is 11.5 Å². The van der Waals surface area contributed by atoms with Crippen molar-refractivity contribution in [2.45, 2.75) is 10.5 Å². The van der Waals surface area contributed by atoms with E-state index in [2.05, 4.69) is 78.6 Å². The zero-order valence-electron chi connectivity index (χ0n) is 10.2. The van der Waals surface area contributed by atoms with Crippen molar-refractivity contribution in [3.05, 3.63) is 60.7 Å². The van der Waals surface area contributed by atoms with Gasteiger partial charge in [-0.25, -0.2) is 0 Å². The van der Waals surface area contributed by atoms with Crippen LogP contribution < -0.4 is 0 Å². The second-order valence-electron chi connectivity index (χ2n) is 4.48. The third-order valence-electron chi connectivity index (χ3n) is 3.35. The molecule has 0 amide bonds. The van der Waals surface area contributed by atoms with Gasteiger partial charge >= 0.3 is 0 Å². The molecular weight excluding hydrogens is 256 g/mol. The van der Waals surface area contributed by atoms with Crippen molar-refractivity contribution in [3.63, 3.8) is 0 Å². The fourth-order valence-corrected chi connectivity index (χ4v) is 5.55. The van der Waals surface area contributed by atoms with Crippen molar-refractivity contribution in [2.75, 3.05) is 11.5 Å². The summed E-state index contributed by atoms with van der Waals surface area (Å²) in [4.78, 5) is 0. The first-order chi connectivity index (χ1) is 8.88. The first kappa shape index (κ1) is 12.2.